The largest absolute Gasteiger partial charge is 0.480 e. The van der Waals surface area contributed by atoms with E-state index in [-0.39, 0.29) is 12.7 Å². The smallest absolute Gasteiger partial charge is 0.323 e. The zero-order chi connectivity index (χ0) is 9.97. The average Bonchev–Trinajstić information content (AvgIpc) is 2.82. The van der Waals surface area contributed by atoms with E-state index in [4.69, 9.17) is 14.6 Å². The van der Waals surface area contributed by atoms with Gasteiger partial charge >= 0.3 is 5.97 Å². The Hall–Kier alpha value is -0.650. The number of ether oxygens (including phenoxy) is 2. The number of aliphatic carboxylic acids is 1. The summed E-state index contributed by atoms with van der Waals surface area (Å²) in [5, 5.41) is 11.9. The molecule has 0 bridgehead atoms. The standard InChI is InChI=1S/C9H15NO4/c11-9(12)8(10-6-1-2-6)5-14-7-3-13-4-7/h6-8,10H,1-5H2,(H,11,12). The maximum Gasteiger partial charge on any atom is 0.323 e. The first-order chi connectivity index (χ1) is 6.75. The minimum atomic E-state index is -0.836. The third-order valence-electron chi connectivity index (χ3n) is 2.42. The van der Waals surface area contributed by atoms with Gasteiger partial charge in [-0.1, -0.05) is 0 Å². The van der Waals surface area contributed by atoms with E-state index < -0.39 is 12.0 Å². The maximum absolute atomic E-state index is 10.8. The predicted molar refractivity (Wildman–Crippen MR) is 48.1 cm³/mol. The van der Waals surface area contributed by atoms with Crippen molar-refractivity contribution in [1.29, 1.82) is 0 Å². The monoisotopic (exact) mass is 201 g/mol. The van der Waals surface area contributed by atoms with Crippen LogP contribution in [0.4, 0.5) is 0 Å². The van der Waals surface area contributed by atoms with Gasteiger partial charge < -0.3 is 14.6 Å². The van der Waals surface area contributed by atoms with E-state index in [1.807, 2.05) is 0 Å². The molecule has 2 aliphatic rings. The molecule has 1 unspecified atom stereocenters. The third-order valence-corrected chi connectivity index (χ3v) is 2.42. The minimum absolute atomic E-state index is 0.0952. The fraction of sp³-hybridized carbons (Fsp3) is 0.889. The number of rotatable bonds is 6. The summed E-state index contributed by atoms with van der Waals surface area (Å²) in [5.41, 5.74) is 0. The quantitative estimate of drug-likeness (QED) is 0.612. The number of nitrogens with one attached hydrogen (secondary N) is 1. The van der Waals surface area contributed by atoms with Crippen molar-refractivity contribution in [3.63, 3.8) is 0 Å². The molecule has 0 amide bonds. The fourth-order valence-electron chi connectivity index (χ4n) is 1.27. The van der Waals surface area contributed by atoms with Crippen LogP contribution in [0.3, 0.4) is 0 Å². The first-order valence-corrected chi connectivity index (χ1v) is 4.94. The Morgan fingerprint density at radius 1 is 1.57 bits per heavy atom. The van der Waals surface area contributed by atoms with Gasteiger partial charge in [-0.25, -0.2) is 0 Å². The summed E-state index contributed by atoms with van der Waals surface area (Å²) in [6.45, 7) is 1.42. The van der Waals surface area contributed by atoms with E-state index in [2.05, 4.69) is 5.32 Å². The van der Waals surface area contributed by atoms with Crippen molar-refractivity contribution in [2.45, 2.75) is 31.0 Å². The molecule has 0 radical (unpaired) electrons. The lowest BCUT2D eigenvalue weighted by Gasteiger charge is -2.27. The lowest BCUT2D eigenvalue weighted by molar-refractivity contribution is -0.151. The number of carboxylic acid groups (broad SMARTS) is 1. The molecular formula is C9H15NO4. The van der Waals surface area contributed by atoms with Gasteiger partial charge in [-0.2, -0.15) is 0 Å². The topological polar surface area (TPSA) is 67.8 Å². The number of carboxylic acids is 1. The van der Waals surface area contributed by atoms with Gasteiger partial charge in [0.2, 0.25) is 0 Å². The van der Waals surface area contributed by atoms with Crippen molar-refractivity contribution < 1.29 is 19.4 Å². The molecule has 0 aromatic carbocycles. The molecule has 80 valence electrons. The molecule has 1 atom stereocenters. The van der Waals surface area contributed by atoms with Crippen molar-refractivity contribution in [2.24, 2.45) is 0 Å². The Morgan fingerprint density at radius 2 is 2.29 bits per heavy atom. The zero-order valence-corrected chi connectivity index (χ0v) is 7.94. The molecule has 5 nitrogen and oxygen atoms in total. The second-order valence-electron chi connectivity index (χ2n) is 3.82. The van der Waals surface area contributed by atoms with Gasteiger partial charge in [-0.05, 0) is 12.8 Å². The number of hydrogen-bond donors (Lipinski definition) is 2. The fourth-order valence-corrected chi connectivity index (χ4v) is 1.27. The number of hydrogen-bond acceptors (Lipinski definition) is 4. The molecule has 14 heavy (non-hydrogen) atoms. The third kappa shape index (κ3) is 2.67. The maximum atomic E-state index is 10.8. The zero-order valence-electron chi connectivity index (χ0n) is 7.94. The van der Waals surface area contributed by atoms with Crippen LogP contribution in [-0.4, -0.2) is 49.1 Å². The second kappa shape index (κ2) is 4.25. The summed E-state index contributed by atoms with van der Waals surface area (Å²) >= 11 is 0. The molecule has 1 aliphatic heterocycles. The van der Waals surface area contributed by atoms with Crippen LogP contribution in [0.15, 0.2) is 0 Å². The average molecular weight is 201 g/mol. The van der Waals surface area contributed by atoms with Gasteiger partial charge in [0.05, 0.1) is 19.8 Å². The van der Waals surface area contributed by atoms with Gasteiger partial charge in [-0.15, -0.1) is 0 Å². The van der Waals surface area contributed by atoms with Crippen molar-refractivity contribution in [3.05, 3.63) is 0 Å². The van der Waals surface area contributed by atoms with Crippen molar-refractivity contribution in [2.75, 3.05) is 19.8 Å². The molecular weight excluding hydrogens is 186 g/mol. The van der Waals surface area contributed by atoms with Crippen LogP contribution in [0.1, 0.15) is 12.8 Å². The van der Waals surface area contributed by atoms with Gasteiger partial charge in [-0.3, -0.25) is 10.1 Å². The van der Waals surface area contributed by atoms with E-state index in [1.54, 1.807) is 0 Å². The van der Waals surface area contributed by atoms with Crippen LogP contribution in [-0.2, 0) is 14.3 Å². The highest BCUT2D eigenvalue weighted by atomic mass is 16.6. The van der Waals surface area contributed by atoms with Crippen LogP contribution < -0.4 is 5.32 Å². The van der Waals surface area contributed by atoms with Crippen molar-refractivity contribution >= 4 is 5.97 Å². The number of carbonyl (C=O) groups is 1. The highest BCUT2D eigenvalue weighted by Crippen LogP contribution is 2.19. The molecule has 0 aromatic rings. The van der Waals surface area contributed by atoms with Gasteiger partial charge in [0, 0.05) is 6.04 Å². The summed E-state index contributed by atoms with van der Waals surface area (Å²) < 4.78 is 10.3. The van der Waals surface area contributed by atoms with E-state index in [0.717, 1.165) is 12.8 Å². The highest BCUT2D eigenvalue weighted by Gasteiger charge is 2.29. The van der Waals surface area contributed by atoms with E-state index in [0.29, 0.717) is 19.3 Å². The minimum Gasteiger partial charge on any atom is -0.480 e. The summed E-state index contributed by atoms with van der Waals surface area (Å²) in [6, 6.07) is -0.180. The predicted octanol–water partition coefficient (Wildman–Crippen LogP) is -0.393. The van der Waals surface area contributed by atoms with Crippen molar-refractivity contribution in [1.82, 2.24) is 5.32 Å². The first kappa shape index (κ1) is 9.89. The molecule has 2 rings (SSSR count). The lowest BCUT2D eigenvalue weighted by atomic mass is 10.3. The molecule has 2 N–H and O–H groups in total. The van der Waals surface area contributed by atoms with Crippen LogP contribution in [0.2, 0.25) is 0 Å². The molecule has 0 aromatic heterocycles. The summed E-state index contributed by atoms with van der Waals surface area (Å²) in [6.07, 6.45) is 2.25. The van der Waals surface area contributed by atoms with Crippen molar-refractivity contribution in [3.8, 4) is 0 Å². The molecule has 2 fully saturated rings. The van der Waals surface area contributed by atoms with Crippen LogP contribution in [0, 0.1) is 0 Å². The second-order valence-corrected chi connectivity index (χ2v) is 3.82. The Labute approximate surface area is 82.4 Å². The van der Waals surface area contributed by atoms with Crippen LogP contribution >= 0.6 is 0 Å². The Balaban J connectivity index is 1.68. The van der Waals surface area contributed by atoms with E-state index >= 15 is 0 Å². The van der Waals surface area contributed by atoms with Gasteiger partial charge in [0.1, 0.15) is 12.1 Å². The molecule has 0 spiro atoms. The normalized spacial score (nSPS) is 24.3. The Morgan fingerprint density at radius 3 is 2.71 bits per heavy atom. The SMILES string of the molecule is O=C(O)C(COC1COC1)NC1CC1. The Kier molecular flexibility index (Phi) is 3.00. The van der Waals surface area contributed by atoms with Crippen LogP contribution in [0.5, 0.6) is 0 Å². The first-order valence-electron chi connectivity index (χ1n) is 4.94. The van der Waals surface area contributed by atoms with Gasteiger partial charge in [0.25, 0.3) is 0 Å². The Bertz CT molecular complexity index is 213. The summed E-state index contributed by atoms with van der Waals surface area (Å²) in [5.74, 6) is -0.836. The molecule has 1 heterocycles. The van der Waals surface area contributed by atoms with E-state index in [9.17, 15) is 4.79 Å². The molecule has 5 heteroatoms. The lowest BCUT2D eigenvalue weighted by Crippen LogP contribution is -2.45. The summed E-state index contributed by atoms with van der Waals surface area (Å²) in [7, 11) is 0. The highest BCUT2D eigenvalue weighted by molar-refractivity contribution is 5.73. The van der Waals surface area contributed by atoms with E-state index in [1.165, 1.54) is 0 Å². The van der Waals surface area contributed by atoms with Crippen LogP contribution in [0.25, 0.3) is 0 Å². The molecule has 1 aliphatic carbocycles. The molecule has 1 saturated heterocycles. The van der Waals surface area contributed by atoms with Gasteiger partial charge in [0.15, 0.2) is 0 Å². The summed E-state index contributed by atoms with van der Waals surface area (Å²) in [4.78, 5) is 10.8. The molecule has 1 saturated carbocycles.